The van der Waals surface area contributed by atoms with Gasteiger partial charge in [0.15, 0.2) is 0 Å². The Kier molecular flexibility index (Phi) is 6.35. The zero-order chi connectivity index (χ0) is 24.3. The summed E-state index contributed by atoms with van der Waals surface area (Å²) in [4.78, 5) is 40.9. The molecule has 0 radical (unpaired) electrons. The molecule has 0 aromatic carbocycles. The Balaban J connectivity index is 1.21. The number of hydrogen-bond acceptors (Lipinski definition) is 5. The number of amides is 2. The predicted octanol–water partition coefficient (Wildman–Crippen LogP) is 5.03. The van der Waals surface area contributed by atoms with E-state index in [4.69, 9.17) is 4.84 Å². The summed E-state index contributed by atoms with van der Waals surface area (Å²) in [7, 11) is 0. The normalized spacial score (nSPS) is 44.9. The van der Waals surface area contributed by atoms with Crippen molar-refractivity contribution in [3.05, 3.63) is 0 Å². The van der Waals surface area contributed by atoms with Gasteiger partial charge in [0.1, 0.15) is 0 Å². The highest BCUT2D eigenvalue weighted by atomic mass is 16.7. The second-order valence-electron chi connectivity index (χ2n) is 12.9. The van der Waals surface area contributed by atoms with E-state index in [1.54, 1.807) is 0 Å². The molecular formula is C28H43NO5. The van der Waals surface area contributed by atoms with Gasteiger partial charge < -0.3 is 9.94 Å². The van der Waals surface area contributed by atoms with E-state index in [9.17, 15) is 19.5 Å². The monoisotopic (exact) mass is 473 g/mol. The zero-order valence-electron chi connectivity index (χ0n) is 21.3. The van der Waals surface area contributed by atoms with Crippen LogP contribution in [0.1, 0.15) is 104 Å². The maximum absolute atomic E-state index is 12.4. The molecule has 6 heteroatoms. The van der Waals surface area contributed by atoms with Crippen LogP contribution >= 0.6 is 0 Å². The highest BCUT2D eigenvalue weighted by Crippen LogP contribution is 2.68. The fraction of sp³-hybridized carbons (Fsp3) is 0.893. The molecule has 4 saturated carbocycles. The van der Waals surface area contributed by atoms with Gasteiger partial charge in [-0.05, 0) is 111 Å². The van der Waals surface area contributed by atoms with Crippen molar-refractivity contribution in [3.8, 4) is 0 Å². The van der Waals surface area contributed by atoms with Gasteiger partial charge in [0.2, 0.25) is 0 Å². The fourth-order valence-corrected chi connectivity index (χ4v) is 9.56. The lowest BCUT2D eigenvalue weighted by molar-refractivity contribution is -0.197. The summed E-state index contributed by atoms with van der Waals surface area (Å²) in [5, 5.41) is 10.9. The third-order valence-electron chi connectivity index (χ3n) is 11.4. The lowest BCUT2D eigenvalue weighted by Gasteiger charge is -2.61. The van der Waals surface area contributed by atoms with Crippen LogP contribution < -0.4 is 0 Å². The number of aliphatic hydroxyl groups is 1. The Morgan fingerprint density at radius 3 is 2.41 bits per heavy atom. The summed E-state index contributed by atoms with van der Waals surface area (Å²) in [6.07, 6.45) is 12.1. The quantitative estimate of drug-likeness (QED) is 0.566. The Morgan fingerprint density at radius 1 is 1.00 bits per heavy atom. The van der Waals surface area contributed by atoms with E-state index in [0.29, 0.717) is 33.6 Å². The Labute approximate surface area is 204 Å². The van der Waals surface area contributed by atoms with Crippen molar-refractivity contribution in [2.75, 3.05) is 0 Å². The van der Waals surface area contributed by atoms with Crippen molar-refractivity contribution in [2.24, 2.45) is 46.3 Å². The van der Waals surface area contributed by atoms with E-state index in [0.717, 1.165) is 37.0 Å². The summed E-state index contributed by atoms with van der Waals surface area (Å²) in [6.45, 7) is 7.35. The largest absolute Gasteiger partial charge is 0.393 e. The first kappa shape index (κ1) is 24.3. The van der Waals surface area contributed by atoms with E-state index in [1.807, 2.05) is 0 Å². The van der Waals surface area contributed by atoms with Crippen LogP contribution in [0.4, 0.5) is 0 Å². The van der Waals surface area contributed by atoms with E-state index >= 15 is 0 Å². The zero-order valence-corrected chi connectivity index (χ0v) is 21.3. The molecule has 5 aliphatic rings. The van der Waals surface area contributed by atoms with Gasteiger partial charge in [-0.15, -0.1) is 5.06 Å². The number of carbonyl (C=O) groups excluding carboxylic acids is 3. The topological polar surface area (TPSA) is 83.9 Å². The van der Waals surface area contributed by atoms with Crippen LogP contribution in [0, 0.1) is 46.3 Å². The Morgan fingerprint density at radius 2 is 1.68 bits per heavy atom. The average Bonchev–Trinajstić information content (AvgIpc) is 3.32. The Bertz CT molecular complexity index is 827. The molecule has 1 heterocycles. The smallest absolute Gasteiger partial charge is 0.333 e. The molecule has 5 fully saturated rings. The van der Waals surface area contributed by atoms with Crippen LogP contribution in [0.5, 0.6) is 0 Å². The summed E-state index contributed by atoms with van der Waals surface area (Å²) in [6, 6.07) is 0. The molecule has 1 aliphatic heterocycles. The second kappa shape index (κ2) is 8.90. The molecular weight excluding hydrogens is 430 g/mol. The molecule has 1 N–H and O–H groups in total. The predicted molar refractivity (Wildman–Crippen MR) is 127 cm³/mol. The lowest BCUT2D eigenvalue weighted by Crippen LogP contribution is -2.54. The van der Waals surface area contributed by atoms with Gasteiger partial charge in [-0.3, -0.25) is 9.59 Å². The summed E-state index contributed by atoms with van der Waals surface area (Å²) in [5.41, 5.74) is 0.740. The van der Waals surface area contributed by atoms with Crippen LogP contribution in [-0.4, -0.2) is 34.1 Å². The van der Waals surface area contributed by atoms with Gasteiger partial charge in [0, 0.05) is 19.3 Å². The average molecular weight is 474 g/mol. The molecule has 190 valence electrons. The maximum Gasteiger partial charge on any atom is 0.333 e. The molecule has 0 aromatic heterocycles. The number of hydroxylamine groups is 2. The van der Waals surface area contributed by atoms with Crippen molar-refractivity contribution in [1.29, 1.82) is 0 Å². The molecule has 9 atom stereocenters. The van der Waals surface area contributed by atoms with E-state index in [-0.39, 0.29) is 25.4 Å². The second-order valence-corrected chi connectivity index (χ2v) is 12.9. The number of aliphatic hydroxyl groups excluding tert-OH is 1. The minimum Gasteiger partial charge on any atom is -0.393 e. The molecule has 1 saturated heterocycles. The molecule has 6 nitrogen and oxygen atoms in total. The van der Waals surface area contributed by atoms with Crippen molar-refractivity contribution in [1.82, 2.24) is 5.06 Å². The van der Waals surface area contributed by atoms with Crippen molar-refractivity contribution >= 4 is 17.8 Å². The first-order valence-corrected chi connectivity index (χ1v) is 13.9. The van der Waals surface area contributed by atoms with Crippen LogP contribution in [0.3, 0.4) is 0 Å². The SMILES string of the molecule is C[C@H](CCC(=O)ON1C(=O)CCC1=O)[C@H]1CCC2C3CCC4C[C@H](O)CC[C@]4(C)C3CC[C@@]21C. The Hall–Kier alpha value is -1.43. The van der Waals surface area contributed by atoms with Gasteiger partial charge in [-0.1, -0.05) is 20.8 Å². The van der Waals surface area contributed by atoms with E-state index in [1.165, 1.54) is 44.9 Å². The standard InChI is InChI=1S/C28H43NO5/c1-17(4-11-26(33)34-29-24(31)9-10-25(29)32)21-7-8-22-20-6-5-18-16-19(30)12-14-27(18,2)23(20)13-15-28(21,22)3/h17-23,30H,4-16H2,1-3H3/t17-,18?,19-,20?,21-,22?,23?,27+,28-/m1/s1. The summed E-state index contributed by atoms with van der Waals surface area (Å²) in [5.74, 6) is 2.82. The number of fused-ring (bicyclic) bond motifs is 5. The minimum absolute atomic E-state index is 0.0893. The van der Waals surface area contributed by atoms with Crippen LogP contribution in [0.2, 0.25) is 0 Å². The van der Waals surface area contributed by atoms with E-state index in [2.05, 4.69) is 20.8 Å². The molecule has 34 heavy (non-hydrogen) atoms. The van der Waals surface area contributed by atoms with Crippen LogP contribution in [-0.2, 0) is 19.2 Å². The number of hydrogen-bond donors (Lipinski definition) is 1. The number of rotatable bonds is 5. The van der Waals surface area contributed by atoms with Crippen LogP contribution in [0.25, 0.3) is 0 Å². The van der Waals surface area contributed by atoms with Gasteiger partial charge in [0.25, 0.3) is 11.8 Å². The number of imide groups is 1. The van der Waals surface area contributed by atoms with Crippen LogP contribution in [0.15, 0.2) is 0 Å². The van der Waals surface area contributed by atoms with E-state index < -0.39 is 17.8 Å². The first-order chi connectivity index (χ1) is 16.1. The molecule has 2 amide bonds. The molecule has 0 bridgehead atoms. The fourth-order valence-electron chi connectivity index (χ4n) is 9.56. The lowest BCUT2D eigenvalue weighted by atomic mass is 9.44. The summed E-state index contributed by atoms with van der Waals surface area (Å²) < 4.78 is 0. The molecule has 4 unspecified atom stereocenters. The highest BCUT2D eigenvalue weighted by Gasteiger charge is 2.60. The minimum atomic E-state index is -0.468. The van der Waals surface area contributed by atoms with Crippen molar-refractivity contribution in [2.45, 2.75) is 110 Å². The third-order valence-corrected chi connectivity index (χ3v) is 11.4. The third kappa shape index (κ3) is 3.92. The van der Waals surface area contributed by atoms with Gasteiger partial charge in [-0.25, -0.2) is 4.79 Å². The molecule has 0 aromatic rings. The number of nitrogens with zero attached hydrogens (tertiary/aromatic N) is 1. The highest BCUT2D eigenvalue weighted by molar-refractivity contribution is 6.01. The van der Waals surface area contributed by atoms with Gasteiger partial charge in [-0.2, -0.15) is 0 Å². The summed E-state index contributed by atoms with van der Waals surface area (Å²) >= 11 is 0. The number of carbonyl (C=O) groups is 3. The molecule has 4 aliphatic carbocycles. The maximum atomic E-state index is 12.4. The molecule has 5 rings (SSSR count). The van der Waals surface area contributed by atoms with Gasteiger partial charge >= 0.3 is 5.97 Å². The van der Waals surface area contributed by atoms with Crippen molar-refractivity contribution in [3.63, 3.8) is 0 Å². The first-order valence-electron chi connectivity index (χ1n) is 13.9. The van der Waals surface area contributed by atoms with Gasteiger partial charge in [0.05, 0.1) is 6.10 Å². The van der Waals surface area contributed by atoms with Crippen molar-refractivity contribution < 1.29 is 24.3 Å². The molecule has 0 spiro atoms.